The highest BCUT2D eigenvalue weighted by atomic mass is 16.2. The lowest BCUT2D eigenvalue weighted by molar-refractivity contribution is -0.140. The van der Waals surface area contributed by atoms with E-state index < -0.39 is 0 Å². The lowest BCUT2D eigenvalue weighted by atomic mass is 9.93. The van der Waals surface area contributed by atoms with Gasteiger partial charge in [0.1, 0.15) is 0 Å². The van der Waals surface area contributed by atoms with Gasteiger partial charge in [-0.15, -0.1) is 0 Å². The summed E-state index contributed by atoms with van der Waals surface area (Å²) in [7, 11) is 0. The molecular formula is C16H29N3O2. The third kappa shape index (κ3) is 4.70. The van der Waals surface area contributed by atoms with Crippen molar-refractivity contribution in [2.45, 2.75) is 65.0 Å². The Hall–Kier alpha value is -1.10. The molecule has 1 unspecified atom stereocenters. The first-order valence-corrected chi connectivity index (χ1v) is 8.18. The van der Waals surface area contributed by atoms with Crippen LogP contribution in [0.3, 0.4) is 0 Å². The predicted octanol–water partition coefficient (Wildman–Crippen LogP) is 1.28. The first kappa shape index (κ1) is 16.3. The molecule has 0 aromatic heterocycles. The zero-order chi connectivity index (χ0) is 15.5. The number of nitrogens with zero attached hydrogens (tertiary/aromatic N) is 1. The Kier molecular flexibility index (Phi) is 5.25. The Bertz CT molecular complexity index is 375. The third-order valence-corrected chi connectivity index (χ3v) is 4.38. The highest BCUT2D eigenvalue weighted by molar-refractivity contribution is 5.81. The van der Waals surface area contributed by atoms with Crippen molar-refractivity contribution in [3.63, 3.8) is 0 Å². The van der Waals surface area contributed by atoms with Gasteiger partial charge in [0.2, 0.25) is 11.8 Å². The fourth-order valence-corrected chi connectivity index (χ4v) is 3.14. The standard InChI is InChI=1S/C16H29N3O2/c1-16(2,3)15(21)19-9-6-12(7-10-19)18-14(20)11-13-5-4-8-17-13/h12-13,17H,4-11H2,1-3H3,(H,18,20). The second-order valence-electron chi connectivity index (χ2n) is 7.38. The Morgan fingerprint density at radius 1 is 1.19 bits per heavy atom. The summed E-state index contributed by atoms with van der Waals surface area (Å²) in [6, 6.07) is 0.579. The highest BCUT2D eigenvalue weighted by Crippen LogP contribution is 2.21. The monoisotopic (exact) mass is 295 g/mol. The zero-order valence-electron chi connectivity index (χ0n) is 13.6. The molecule has 0 bridgehead atoms. The summed E-state index contributed by atoms with van der Waals surface area (Å²) in [5.74, 6) is 0.359. The van der Waals surface area contributed by atoms with Crippen molar-refractivity contribution in [3.8, 4) is 0 Å². The molecule has 0 saturated carbocycles. The molecule has 0 aliphatic carbocycles. The normalized spacial score (nSPS) is 24.1. The number of nitrogens with one attached hydrogen (secondary N) is 2. The number of piperidine rings is 1. The summed E-state index contributed by atoms with van der Waals surface area (Å²) in [6.45, 7) is 8.41. The van der Waals surface area contributed by atoms with E-state index in [1.165, 1.54) is 6.42 Å². The van der Waals surface area contributed by atoms with Crippen LogP contribution >= 0.6 is 0 Å². The smallest absolute Gasteiger partial charge is 0.227 e. The van der Waals surface area contributed by atoms with Crippen LogP contribution in [-0.2, 0) is 9.59 Å². The van der Waals surface area contributed by atoms with Gasteiger partial charge in [0.25, 0.3) is 0 Å². The SMILES string of the molecule is CC(C)(C)C(=O)N1CCC(NC(=O)CC2CCCN2)CC1. The minimum Gasteiger partial charge on any atom is -0.353 e. The molecule has 1 atom stereocenters. The van der Waals surface area contributed by atoms with Crippen LogP contribution in [0.25, 0.3) is 0 Å². The maximum Gasteiger partial charge on any atom is 0.227 e. The van der Waals surface area contributed by atoms with Gasteiger partial charge in [-0.25, -0.2) is 0 Å². The molecule has 2 amide bonds. The van der Waals surface area contributed by atoms with Crippen LogP contribution in [0.4, 0.5) is 0 Å². The van der Waals surface area contributed by atoms with Gasteiger partial charge in [0.15, 0.2) is 0 Å². The summed E-state index contributed by atoms with van der Waals surface area (Å²) in [5.41, 5.74) is -0.315. The molecule has 0 radical (unpaired) electrons. The van der Waals surface area contributed by atoms with Crippen LogP contribution < -0.4 is 10.6 Å². The second-order valence-corrected chi connectivity index (χ2v) is 7.38. The van der Waals surface area contributed by atoms with Crippen LogP contribution in [-0.4, -0.2) is 48.4 Å². The van der Waals surface area contributed by atoms with Crippen molar-refractivity contribution in [1.82, 2.24) is 15.5 Å². The van der Waals surface area contributed by atoms with E-state index in [2.05, 4.69) is 10.6 Å². The number of hydrogen-bond donors (Lipinski definition) is 2. The lowest BCUT2D eigenvalue weighted by Crippen LogP contribution is -2.49. The van der Waals surface area contributed by atoms with Gasteiger partial charge < -0.3 is 15.5 Å². The minimum absolute atomic E-state index is 0.148. The van der Waals surface area contributed by atoms with E-state index in [0.717, 1.165) is 38.9 Å². The van der Waals surface area contributed by atoms with Crippen molar-refractivity contribution < 1.29 is 9.59 Å². The number of rotatable bonds is 3. The van der Waals surface area contributed by atoms with E-state index in [4.69, 9.17) is 0 Å². The van der Waals surface area contributed by atoms with Crippen LogP contribution in [0.1, 0.15) is 52.9 Å². The van der Waals surface area contributed by atoms with Crippen molar-refractivity contribution in [2.24, 2.45) is 5.41 Å². The molecule has 0 aromatic rings. The largest absolute Gasteiger partial charge is 0.353 e. The molecule has 2 fully saturated rings. The molecule has 2 aliphatic heterocycles. The van der Waals surface area contributed by atoms with E-state index in [0.29, 0.717) is 12.5 Å². The van der Waals surface area contributed by atoms with Crippen LogP contribution in [0.2, 0.25) is 0 Å². The molecule has 0 spiro atoms. The second kappa shape index (κ2) is 6.77. The minimum atomic E-state index is -0.315. The van der Waals surface area contributed by atoms with Gasteiger partial charge >= 0.3 is 0 Å². The summed E-state index contributed by atoms with van der Waals surface area (Å²) in [4.78, 5) is 26.2. The van der Waals surface area contributed by atoms with Crippen molar-refractivity contribution in [3.05, 3.63) is 0 Å². The fraction of sp³-hybridized carbons (Fsp3) is 0.875. The molecule has 2 heterocycles. The van der Waals surface area contributed by atoms with E-state index in [1.807, 2.05) is 25.7 Å². The Morgan fingerprint density at radius 3 is 2.38 bits per heavy atom. The highest BCUT2D eigenvalue weighted by Gasteiger charge is 2.30. The van der Waals surface area contributed by atoms with E-state index in [-0.39, 0.29) is 23.3 Å². The van der Waals surface area contributed by atoms with E-state index in [1.54, 1.807) is 0 Å². The predicted molar refractivity (Wildman–Crippen MR) is 82.8 cm³/mol. The van der Waals surface area contributed by atoms with Crippen LogP contribution in [0.15, 0.2) is 0 Å². The van der Waals surface area contributed by atoms with Crippen LogP contribution in [0, 0.1) is 5.41 Å². The Balaban J connectivity index is 1.71. The average Bonchev–Trinajstić information content (AvgIpc) is 2.90. The first-order chi connectivity index (χ1) is 9.86. The molecule has 0 aromatic carbocycles. The van der Waals surface area contributed by atoms with Gasteiger partial charge in [-0.3, -0.25) is 9.59 Å². The molecule has 2 aliphatic rings. The molecule has 120 valence electrons. The summed E-state index contributed by atoms with van der Waals surface area (Å²) in [6.07, 6.45) is 4.59. The number of carbonyl (C=O) groups is 2. The molecule has 5 nitrogen and oxygen atoms in total. The van der Waals surface area contributed by atoms with Gasteiger partial charge in [-0.2, -0.15) is 0 Å². The molecule has 2 rings (SSSR count). The number of hydrogen-bond acceptors (Lipinski definition) is 3. The zero-order valence-corrected chi connectivity index (χ0v) is 13.6. The molecular weight excluding hydrogens is 266 g/mol. The maximum atomic E-state index is 12.2. The number of amides is 2. The maximum absolute atomic E-state index is 12.2. The quantitative estimate of drug-likeness (QED) is 0.824. The summed E-state index contributed by atoms with van der Waals surface area (Å²) < 4.78 is 0. The molecule has 2 saturated heterocycles. The van der Waals surface area contributed by atoms with Gasteiger partial charge in [-0.1, -0.05) is 20.8 Å². The molecule has 2 N–H and O–H groups in total. The fourth-order valence-electron chi connectivity index (χ4n) is 3.14. The third-order valence-electron chi connectivity index (χ3n) is 4.38. The number of carbonyl (C=O) groups excluding carboxylic acids is 2. The topological polar surface area (TPSA) is 61.4 Å². The van der Waals surface area contributed by atoms with Gasteiger partial charge in [-0.05, 0) is 32.2 Å². The first-order valence-electron chi connectivity index (χ1n) is 8.18. The number of likely N-dealkylation sites (tertiary alicyclic amines) is 1. The van der Waals surface area contributed by atoms with Crippen LogP contribution in [0.5, 0.6) is 0 Å². The van der Waals surface area contributed by atoms with E-state index in [9.17, 15) is 9.59 Å². The molecule has 5 heteroatoms. The average molecular weight is 295 g/mol. The van der Waals surface area contributed by atoms with E-state index >= 15 is 0 Å². The lowest BCUT2D eigenvalue weighted by Gasteiger charge is -2.36. The molecule has 21 heavy (non-hydrogen) atoms. The van der Waals surface area contributed by atoms with Crippen molar-refractivity contribution in [2.75, 3.05) is 19.6 Å². The van der Waals surface area contributed by atoms with Crippen molar-refractivity contribution >= 4 is 11.8 Å². The Labute approximate surface area is 127 Å². The Morgan fingerprint density at radius 2 is 1.86 bits per heavy atom. The van der Waals surface area contributed by atoms with Gasteiger partial charge in [0, 0.05) is 37.0 Å². The van der Waals surface area contributed by atoms with Gasteiger partial charge in [0.05, 0.1) is 0 Å². The summed E-state index contributed by atoms with van der Waals surface area (Å²) in [5, 5.41) is 6.48. The van der Waals surface area contributed by atoms with Crippen molar-refractivity contribution in [1.29, 1.82) is 0 Å². The summed E-state index contributed by atoms with van der Waals surface area (Å²) >= 11 is 0.